The maximum absolute atomic E-state index is 13.2. The predicted molar refractivity (Wildman–Crippen MR) is 225 cm³/mol. The second-order valence-corrected chi connectivity index (χ2v) is 16.0. The minimum atomic E-state index is -0.826. The van der Waals surface area contributed by atoms with E-state index in [9.17, 15) is 19.2 Å². The van der Waals surface area contributed by atoms with Gasteiger partial charge < -0.3 is 56.2 Å². The third kappa shape index (κ3) is 17.6. The van der Waals surface area contributed by atoms with Crippen LogP contribution in [0.5, 0.6) is 5.88 Å². The van der Waals surface area contributed by atoms with Gasteiger partial charge in [-0.05, 0) is 77.0 Å². The molecule has 3 rings (SSSR count). The molecule has 8 N–H and O–H groups in total. The molecule has 0 aromatic carbocycles. The van der Waals surface area contributed by atoms with Gasteiger partial charge in [0.15, 0.2) is 5.82 Å². The zero-order valence-corrected chi connectivity index (χ0v) is 36.3. The number of ether oxygens (including phenoxy) is 4. The van der Waals surface area contributed by atoms with Gasteiger partial charge >= 0.3 is 0 Å². The largest absolute Gasteiger partial charge is 0.472 e. The van der Waals surface area contributed by atoms with Gasteiger partial charge in [-0.1, -0.05) is 27.2 Å². The van der Waals surface area contributed by atoms with Gasteiger partial charge in [-0.15, -0.1) is 10.2 Å². The molecule has 334 valence electrons. The molecule has 1 aliphatic carbocycles. The Morgan fingerprint density at radius 1 is 0.797 bits per heavy atom. The summed E-state index contributed by atoms with van der Waals surface area (Å²) in [7, 11) is 0. The van der Waals surface area contributed by atoms with Gasteiger partial charge in [0, 0.05) is 45.4 Å². The van der Waals surface area contributed by atoms with Crippen molar-refractivity contribution in [3.8, 4) is 5.88 Å². The number of carbonyl (C=O) groups is 4. The Labute approximate surface area is 349 Å². The molecule has 4 amide bonds. The number of nitrogens with one attached hydrogen (secondary N) is 4. The van der Waals surface area contributed by atoms with Crippen LogP contribution in [0, 0.1) is 17.8 Å². The predicted octanol–water partition coefficient (Wildman–Crippen LogP) is 2.40. The first-order valence-electron chi connectivity index (χ1n) is 21.6. The first-order valence-corrected chi connectivity index (χ1v) is 21.6. The topological polar surface area (TPSA) is 249 Å². The number of hydrogen-bond acceptors (Lipinski definition) is 13. The number of nitrogen functional groups attached to an aromatic ring is 1. The number of anilines is 1. The van der Waals surface area contributed by atoms with Gasteiger partial charge in [0.2, 0.25) is 23.6 Å². The molecule has 18 heteroatoms. The molecule has 1 saturated carbocycles. The van der Waals surface area contributed by atoms with Crippen molar-refractivity contribution >= 4 is 40.5 Å². The Bertz CT molecular complexity index is 1580. The second-order valence-electron chi connectivity index (χ2n) is 16.0. The average Bonchev–Trinajstić information content (AvgIpc) is 3.57. The fourth-order valence-corrected chi connectivity index (χ4v) is 6.92. The summed E-state index contributed by atoms with van der Waals surface area (Å²) >= 11 is 0. The second kappa shape index (κ2) is 26.9. The zero-order chi connectivity index (χ0) is 43.2. The number of carbonyl (C=O) groups excluding carboxylic acids is 4. The van der Waals surface area contributed by atoms with Crippen LogP contribution in [0.25, 0.3) is 11.0 Å². The van der Waals surface area contributed by atoms with E-state index in [0.29, 0.717) is 94.7 Å². The molecule has 0 saturated heterocycles. The van der Waals surface area contributed by atoms with Gasteiger partial charge in [0.25, 0.3) is 5.88 Å². The molecule has 2 heterocycles. The zero-order valence-electron chi connectivity index (χ0n) is 36.3. The summed E-state index contributed by atoms with van der Waals surface area (Å²) < 4.78 is 24.3. The lowest BCUT2D eigenvalue weighted by atomic mass is 9.82. The molecule has 0 unspecified atom stereocenters. The van der Waals surface area contributed by atoms with Crippen LogP contribution in [-0.4, -0.2) is 121 Å². The Kier molecular flexibility index (Phi) is 22.4. The van der Waals surface area contributed by atoms with Crippen LogP contribution < -0.4 is 37.5 Å². The third-order valence-electron chi connectivity index (χ3n) is 10.2. The van der Waals surface area contributed by atoms with Crippen LogP contribution in [0.1, 0.15) is 105 Å². The molecule has 59 heavy (non-hydrogen) atoms. The molecule has 0 radical (unpaired) electrons. The molecule has 1 fully saturated rings. The summed E-state index contributed by atoms with van der Waals surface area (Å²) in [6.07, 6.45) is 7.29. The number of nitrogens with zero attached hydrogens (tertiary/aromatic N) is 4. The standard InChI is InChI=1S/C41H72N10O8/c1-7-8-10-32-47-36-37(41(59-28(4)5)50-49-38(36)43)51(32)26-31-15-13-30(14-16-31)25-45-39(54)29(6)46-40(55)35(27(2)3)48-34(53)12-9-11-33(52)44-18-20-57-22-24-58-23-21-56-19-17-42/h27-31,35H,7-26,42H2,1-6H3,(H2,43,49)(H,44,52)(H,45,54)(H,46,55)(H,48,53)/t29-,30?,31?,35-/m0/s1. The van der Waals surface area contributed by atoms with Crippen molar-refractivity contribution < 1.29 is 38.1 Å². The Balaban J connectivity index is 1.36. The Morgan fingerprint density at radius 2 is 1.44 bits per heavy atom. The third-order valence-corrected chi connectivity index (χ3v) is 10.2. The van der Waals surface area contributed by atoms with E-state index >= 15 is 0 Å². The van der Waals surface area contributed by atoms with Crippen molar-refractivity contribution in [2.75, 3.05) is 65.0 Å². The Hall–Kier alpha value is -4.13. The number of hydrogen-bond donors (Lipinski definition) is 6. The van der Waals surface area contributed by atoms with Gasteiger partial charge in [-0.3, -0.25) is 19.2 Å². The molecule has 0 bridgehead atoms. The number of aromatic nitrogens is 4. The van der Waals surface area contributed by atoms with Gasteiger partial charge in [-0.2, -0.15) is 0 Å². The first-order chi connectivity index (χ1) is 28.3. The smallest absolute Gasteiger partial charge is 0.260 e. The molecule has 0 spiro atoms. The maximum Gasteiger partial charge on any atom is 0.260 e. The monoisotopic (exact) mass is 833 g/mol. The summed E-state index contributed by atoms with van der Waals surface area (Å²) in [6, 6.07) is -1.61. The van der Waals surface area contributed by atoms with E-state index in [0.717, 1.165) is 62.8 Å². The SMILES string of the molecule is CCCCc1nc2c(N)nnc(OC(C)C)c2n1CC1CCC(CNC(=O)[C@H](C)NC(=O)[C@@H](NC(=O)CCCC(=O)NCCOCCOCCOCCN)C(C)C)CC1. The minimum Gasteiger partial charge on any atom is -0.472 e. The lowest BCUT2D eigenvalue weighted by Crippen LogP contribution is -2.54. The highest BCUT2D eigenvalue weighted by Gasteiger charge is 2.29. The van der Waals surface area contributed by atoms with Crippen LogP contribution in [0.4, 0.5) is 5.82 Å². The molecule has 1 aliphatic rings. The van der Waals surface area contributed by atoms with Crippen molar-refractivity contribution in [3.05, 3.63) is 5.82 Å². The van der Waals surface area contributed by atoms with Gasteiger partial charge in [-0.25, -0.2) is 4.98 Å². The van der Waals surface area contributed by atoms with Crippen LogP contribution in [0.2, 0.25) is 0 Å². The van der Waals surface area contributed by atoms with Crippen molar-refractivity contribution in [3.63, 3.8) is 0 Å². The summed E-state index contributed by atoms with van der Waals surface area (Å²) in [5.41, 5.74) is 13.0. The quantitative estimate of drug-likeness (QED) is 0.0646. The highest BCUT2D eigenvalue weighted by atomic mass is 16.5. The fraction of sp³-hybridized carbons (Fsp3) is 0.780. The van der Waals surface area contributed by atoms with Crippen LogP contribution >= 0.6 is 0 Å². The van der Waals surface area contributed by atoms with E-state index in [-0.39, 0.29) is 42.6 Å². The minimum absolute atomic E-state index is 0.0747. The molecular weight excluding hydrogens is 761 g/mol. The number of amides is 4. The van der Waals surface area contributed by atoms with E-state index < -0.39 is 18.0 Å². The van der Waals surface area contributed by atoms with Crippen molar-refractivity contribution in [1.82, 2.24) is 41.0 Å². The van der Waals surface area contributed by atoms with Crippen molar-refractivity contribution in [2.24, 2.45) is 23.5 Å². The van der Waals surface area contributed by atoms with Crippen molar-refractivity contribution in [1.29, 1.82) is 0 Å². The summed E-state index contributed by atoms with van der Waals surface area (Å²) in [5, 5.41) is 19.7. The molecule has 0 aliphatic heterocycles. The first kappa shape index (κ1) is 49.2. The van der Waals surface area contributed by atoms with E-state index in [1.807, 2.05) is 27.7 Å². The van der Waals surface area contributed by atoms with E-state index in [4.69, 9.17) is 35.4 Å². The van der Waals surface area contributed by atoms with Crippen LogP contribution in [0.3, 0.4) is 0 Å². The maximum atomic E-state index is 13.2. The fourth-order valence-electron chi connectivity index (χ4n) is 6.92. The number of unbranched alkanes of at least 4 members (excludes halogenated alkanes) is 1. The van der Waals surface area contributed by atoms with Crippen LogP contribution in [-0.2, 0) is 46.4 Å². The number of nitrogens with two attached hydrogens (primary N) is 2. The van der Waals surface area contributed by atoms with E-state index in [1.54, 1.807) is 6.92 Å². The summed E-state index contributed by atoms with van der Waals surface area (Å²) in [4.78, 5) is 56.1. The normalized spacial score (nSPS) is 16.6. The molecule has 2 aromatic rings. The van der Waals surface area contributed by atoms with Gasteiger partial charge in [0.05, 0.1) is 45.7 Å². The molecule has 18 nitrogen and oxygen atoms in total. The number of rotatable bonds is 29. The number of fused-ring (bicyclic) bond motifs is 1. The average molecular weight is 833 g/mol. The highest BCUT2D eigenvalue weighted by molar-refractivity contribution is 5.92. The van der Waals surface area contributed by atoms with E-state index in [2.05, 4.69) is 43.0 Å². The van der Waals surface area contributed by atoms with Crippen LogP contribution in [0.15, 0.2) is 0 Å². The van der Waals surface area contributed by atoms with Gasteiger partial charge in [0.1, 0.15) is 28.9 Å². The van der Waals surface area contributed by atoms with E-state index in [1.165, 1.54) is 0 Å². The molecule has 2 aromatic heterocycles. The number of imidazole rings is 1. The lowest BCUT2D eigenvalue weighted by molar-refractivity contribution is -0.132. The van der Waals surface area contributed by atoms with Crippen molar-refractivity contribution in [2.45, 2.75) is 130 Å². The summed E-state index contributed by atoms with van der Waals surface area (Å²) in [6.45, 7) is 16.1. The molecule has 2 atom stereocenters. The highest BCUT2D eigenvalue weighted by Crippen LogP contribution is 2.34. The summed E-state index contributed by atoms with van der Waals surface area (Å²) in [5.74, 6) is 1.02. The molecular formula is C41H72N10O8. The number of aryl methyl sites for hydroxylation is 1. The Morgan fingerprint density at radius 3 is 2.08 bits per heavy atom. The lowest BCUT2D eigenvalue weighted by Gasteiger charge is -2.30.